The Kier molecular flexibility index (Phi) is 19.6. The summed E-state index contributed by atoms with van der Waals surface area (Å²) >= 11 is 0. The zero-order chi connectivity index (χ0) is 64.7. The van der Waals surface area contributed by atoms with Crippen LogP contribution in [-0.4, -0.2) is 85.6 Å². The number of halogens is 10. The van der Waals surface area contributed by atoms with E-state index in [1.807, 2.05) is 0 Å². The van der Waals surface area contributed by atoms with Gasteiger partial charge in [0, 0.05) is 34.8 Å². The molecular weight excluding hydrogens is 1240 g/mol. The second-order valence-corrected chi connectivity index (χ2v) is 28.9. The van der Waals surface area contributed by atoms with Gasteiger partial charge in [0.1, 0.15) is 50.2 Å². The van der Waals surface area contributed by atoms with Crippen molar-refractivity contribution in [2.75, 3.05) is 11.5 Å². The number of aliphatic imine (C=N–C) groups is 2. The van der Waals surface area contributed by atoms with Crippen LogP contribution in [-0.2, 0) is 62.5 Å². The SMILES string of the molecule is C.CC(C)(C)OC(=O)CC1=N[C@](C)(c2cc(C=O)ccc2F)CS(=O)(=O)C12CCC2.[C-]#[N+]c1ccc(/C(F)=C/c2ccc(F)c([C@]3(C)CS(=O)(=O)C4(CCC4)C(N)=N3)c2)nc1.[C-]#[N+]c1ccc(C(F)S(=O)(=O)c2cc(C(F)(F)F)cc(C(F)(F)F)c2)nc1. The van der Waals surface area contributed by atoms with E-state index < -0.39 is 119 Å². The maximum absolute atomic E-state index is 14.8. The number of nitrogens with two attached hydrogens (primary N) is 1. The van der Waals surface area contributed by atoms with Crippen LogP contribution in [0.5, 0.6) is 0 Å². The van der Waals surface area contributed by atoms with Crippen molar-refractivity contribution in [2.24, 2.45) is 15.7 Å². The van der Waals surface area contributed by atoms with E-state index in [-0.39, 0.29) is 88.9 Å². The highest BCUT2D eigenvalue weighted by atomic mass is 32.2. The van der Waals surface area contributed by atoms with Crippen molar-refractivity contribution in [3.05, 3.63) is 170 Å². The second-order valence-electron chi connectivity index (χ2n) is 22.3. The number of benzene rings is 3. The number of alkyl halides is 7. The van der Waals surface area contributed by atoms with Crippen LogP contribution in [0, 0.1) is 24.8 Å². The molecule has 4 aliphatic rings. The van der Waals surface area contributed by atoms with Gasteiger partial charge in [0.2, 0.25) is 26.7 Å². The third-order valence-corrected chi connectivity index (χ3v) is 22.1. The summed E-state index contributed by atoms with van der Waals surface area (Å²) < 4.78 is 216. The van der Waals surface area contributed by atoms with Crippen molar-refractivity contribution in [3.8, 4) is 0 Å². The molecule has 0 amide bonds. The molecule has 0 bridgehead atoms. The number of nitrogens with zero attached hydrogens (tertiary/aromatic N) is 6. The van der Waals surface area contributed by atoms with Gasteiger partial charge >= 0.3 is 18.3 Å². The molecule has 4 heterocycles. The summed E-state index contributed by atoms with van der Waals surface area (Å²) in [5.74, 6) is -3.25. The quantitative estimate of drug-likeness (QED) is 0.0595. The first kappa shape index (κ1) is 69.2. The molecule has 2 aromatic heterocycles. The lowest BCUT2D eigenvalue weighted by Gasteiger charge is -2.48. The molecule has 5 aromatic rings. The van der Waals surface area contributed by atoms with Crippen molar-refractivity contribution in [2.45, 2.75) is 136 Å². The van der Waals surface area contributed by atoms with E-state index in [0.717, 1.165) is 43.3 Å². The van der Waals surface area contributed by atoms with Gasteiger partial charge in [-0.05, 0) is 145 Å². The van der Waals surface area contributed by atoms with Crippen LogP contribution in [0.15, 0.2) is 106 Å². The number of rotatable bonds is 10. The minimum atomic E-state index is -5.28. The number of pyridine rings is 2. The Morgan fingerprint density at radius 2 is 1.20 bits per heavy atom. The maximum atomic E-state index is 14.8. The van der Waals surface area contributed by atoms with Crippen molar-refractivity contribution in [1.29, 1.82) is 0 Å². The first-order valence-corrected chi connectivity index (χ1v) is 30.9. The van der Waals surface area contributed by atoms with Crippen molar-refractivity contribution < 1.29 is 83.5 Å². The number of carbonyl (C=O) groups excluding carboxylic acids is 2. The number of aldehydes is 1. The molecule has 0 saturated heterocycles. The van der Waals surface area contributed by atoms with Gasteiger partial charge in [0.05, 0.1) is 64.0 Å². The number of esters is 1. The Labute approximate surface area is 501 Å². The third-order valence-electron chi connectivity index (χ3n) is 14.9. The van der Waals surface area contributed by atoms with Gasteiger partial charge in [0.15, 0.2) is 19.7 Å². The zero-order valence-electron chi connectivity index (χ0n) is 46.7. The molecule has 0 radical (unpaired) electrons. The molecule has 3 aromatic carbocycles. The van der Waals surface area contributed by atoms with Crippen LogP contribution >= 0.6 is 0 Å². The Bertz CT molecular complexity index is 4040. The van der Waals surface area contributed by atoms with Gasteiger partial charge in [-0.25, -0.2) is 52.5 Å². The van der Waals surface area contributed by atoms with E-state index in [2.05, 4.69) is 29.6 Å². The van der Waals surface area contributed by atoms with E-state index in [0.29, 0.717) is 37.5 Å². The van der Waals surface area contributed by atoms with Crippen LogP contribution in [0.25, 0.3) is 21.6 Å². The molecule has 2 aliphatic carbocycles. The lowest BCUT2D eigenvalue weighted by atomic mass is 9.78. The molecule has 2 N–H and O–H groups in total. The molecule has 88 heavy (non-hydrogen) atoms. The zero-order valence-corrected chi connectivity index (χ0v) is 49.1. The monoisotopic (exact) mass is 1290 g/mol. The summed E-state index contributed by atoms with van der Waals surface area (Å²) in [5, 5.41) is 0. The molecule has 2 aliphatic heterocycles. The fraction of sp³-hybridized carbons (Fsp3) is 0.390. The number of sulfone groups is 3. The summed E-state index contributed by atoms with van der Waals surface area (Å²) in [5.41, 5.74) is -3.99. The number of hydrogen-bond acceptors (Lipinski definition) is 14. The minimum Gasteiger partial charge on any atom is -0.460 e. The van der Waals surface area contributed by atoms with E-state index in [1.54, 1.807) is 20.8 Å². The van der Waals surface area contributed by atoms with Crippen molar-refractivity contribution in [1.82, 2.24) is 9.97 Å². The Morgan fingerprint density at radius 1 is 0.727 bits per heavy atom. The molecule has 470 valence electrons. The van der Waals surface area contributed by atoms with E-state index in [1.165, 1.54) is 62.5 Å². The van der Waals surface area contributed by atoms with Gasteiger partial charge < -0.3 is 10.5 Å². The van der Waals surface area contributed by atoms with Crippen LogP contribution in [0.3, 0.4) is 0 Å². The molecule has 29 heteroatoms. The standard InChI is InChI=1S/C22H20F2N4O2S.C21H26FNO5S.C15H7F7N2O2S.CH4/c1-21(13-31(29,30)22(8-3-9-22)20(25)28-21)16-10-14(4-6-17(16)23)11-18(24)19-7-5-15(26-2)12-27-19;1-19(2,3)28-18(25)11-17-21(8-5-9-21)29(26,27)13-20(4,23-17)15-10-14(12-24)6-7-16(15)22;1-23-10-2-3-12(24-7-10)13(16)27(25,26)11-5-8(14(17,18)19)4-9(6-11)15(20,21)22;/h4-7,10-12H,3,8-9,13H2,1H3,(H2,25,28);6-7,10,12H,5,8-9,11,13H2,1-4H3;2-7,13H;1H4/b18-11-;;;/t21-;20-;;/m00../s1. The normalized spacial score (nSPS) is 21.0. The van der Waals surface area contributed by atoms with Crippen LogP contribution < -0.4 is 5.73 Å². The number of carbonyl (C=O) groups is 2. The highest BCUT2D eigenvalue weighted by Crippen LogP contribution is 2.50. The predicted molar refractivity (Wildman–Crippen MR) is 307 cm³/mol. The fourth-order valence-electron chi connectivity index (χ4n) is 10.2. The molecule has 9 rings (SSSR count). The lowest BCUT2D eigenvalue weighted by molar-refractivity contribution is -0.153. The summed E-state index contributed by atoms with van der Waals surface area (Å²) in [6, 6.07) is 11.9. The van der Waals surface area contributed by atoms with Crippen molar-refractivity contribution in [3.63, 3.8) is 0 Å². The smallest absolute Gasteiger partial charge is 0.416 e. The van der Waals surface area contributed by atoms with E-state index in [4.69, 9.17) is 23.6 Å². The third kappa shape index (κ3) is 14.2. The minimum absolute atomic E-state index is 0. The molecular formula is C59H57F10N7O9S3. The predicted octanol–water partition coefficient (Wildman–Crippen LogP) is 13.3. The van der Waals surface area contributed by atoms with Crippen molar-refractivity contribution >= 4 is 76.6 Å². The average Bonchev–Trinajstić information content (AvgIpc) is 0.744. The maximum Gasteiger partial charge on any atom is 0.416 e. The van der Waals surface area contributed by atoms with Gasteiger partial charge in [-0.15, -0.1) is 0 Å². The molecule has 1 unspecified atom stereocenters. The van der Waals surface area contributed by atoms with Gasteiger partial charge in [-0.3, -0.25) is 29.5 Å². The summed E-state index contributed by atoms with van der Waals surface area (Å²) in [7, 11) is -12.6. The number of amidine groups is 1. The second kappa shape index (κ2) is 24.9. The van der Waals surface area contributed by atoms with Gasteiger partial charge in [0.25, 0.3) is 0 Å². The average molecular weight is 1290 g/mol. The highest BCUT2D eigenvalue weighted by molar-refractivity contribution is 7.94. The fourth-order valence-corrected chi connectivity index (χ4v) is 16.6. The Hall–Kier alpha value is -7.89. The van der Waals surface area contributed by atoms with Crippen LogP contribution in [0.4, 0.5) is 55.3 Å². The topological polar surface area (TPSA) is 231 Å². The first-order chi connectivity index (χ1) is 40.2. The summed E-state index contributed by atoms with van der Waals surface area (Å²) in [6.07, 6.45) is -3.90. The summed E-state index contributed by atoms with van der Waals surface area (Å²) in [4.78, 5) is 44.6. The first-order valence-electron chi connectivity index (χ1n) is 26.1. The van der Waals surface area contributed by atoms with Crippen LogP contribution in [0.1, 0.15) is 142 Å². The van der Waals surface area contributed by atoms with E-state index in [9.17, 15) is 78.7 Å². The number of aromatic nitrogens is 2. The summed E-state index contributed by atoms with van der Waals surface area (Å²) in [6.45, 7) is 21.9. The Morgan fingerprint density at radius 3 is 1.62 bits per heavy atom. The Balaban J connectivity index is 0.000000210. The molecule has 2 saturated carbocycles. The molecule has 2 fully saturated rings. The lowest BCUT2D eigenvalue weighted by Crippen LogP contribution is -2.61. The highest BCUT2D eigenvalue weighted by Gasteiger charge is 2.60. The van der Waals surface area contributed by atoms with Crippen LogP contribution in [0.2, 0.25) is 0 Å². The number of hydrogen-bond donors (Lipinski definition) is 1. The largest absolute Gasteiger partial charge is 0.460 e. The van der Waals surface area contributed by atoms with Gasteiger partial charge in [-0.2, -0.15) is 26.3 Å². The van der Waals surface area contributed by atoms with E-state index >= 15 is 0 Å². The molecule has 3 atom stereocenters. The molecule has 2 spiro atoms. The van der Waals surface area contributed by atoms with Gasteiger partial charge in [-0.1, -0.05) is 25.6 Å². The number of ether oxygens (including phenoxy) is 1. The molecule has 16 nitrogen and oxygen atoms in total.